The Kier molecular flexibility index (Phi) is 3.68. The Bertz CT molecular complexity index is 651. The fourth-order valence-corrected chi connectivity index (χ4v) is 1.73. The number of nitrogens with zero attached hydrogens (tertiary/aromatic N) is 3. The minimum absolute atomic E-state index is 0.173. The molecule has 0 unspecified atom stereocenters. The topological polar surface area (TPSA) is 104 Å². The molecule has 9 heteroatoms. The van der Waals surface area contributed by atoms with E-state index in [1.54, 1.807) is 0 Å². The summed E-state index contributed by atoms with van der Waals surface area (Å²) in [5, 5.41) is 11.5. The van der Waals surface area contributed by atoms with Crippen LogP contribution >= 0.6 is 23.2 Å². The molecule has 0 radical (unpaired) electrons. The number of ether oxygens (including phenoxy) is 1. The lowest BCUT2D eigenvalue weighted by Crippen LogP contribution is -2.02. The van der Waals surface area contributed by atoms with E-state index in [4.69, 9.17) is 33.7 Å². The highest BCUT2D eigenvalue weighted by Crippen LogP contribution is 2.36. The maximum Gasteiger partial charge on any atom is 0.372 e. The van der Waals surface area contributed by atoms with Gasteiger partial charge in [0.2, 0.25) is 5.82 Å². The highest BCUT2D eigenvalue weighted by atomic mass is 35.5. The van der Waals surface area contributed by atoms with Crippen molar-refractivity contribution >= 4 is 34.7 Å². The molecule has 0 aliphatic heterocycles. The molecule has 0 amide bonds. The molecule has 0 spiro atoms. The van der Waals surface area contributed by atoms with Crippen LogP contribution in [0.5, 0.6) is 11.6 Å². The van der Waals surface area contributed by atoms with Crippen molar-refractivity contribution in [3.8, 4) is 11.6 Å². The Labute approximate surface area is 117 Å². The fraction of sp³-hybridized carbons (Fsp3) is 0. The largest absolute Gasteiger partial charge is 0.432 e. The minimum Gasteiger partial charge on any atom is -0.432 e. The van der Waals surface area contributed by atoms with Crippen LogP contribution in [0.1, 0.15) is 0 Å². The first-order chi connectivity index (χ1) is 8.99. The Morgan fingerprint density at radius 1 is 1.32 bits per heavy atom. The second-order valence-electron chi connectivity index (χ2n) is 3.35. The molecule has 1 aromatic carbocycles. The van der Waals surface area contributed by atoms with Gasteiger partial charge in [-0.15, -0.1) is 0 Å². The van der Waals surface area contributed by atoms with Gasteiger partial charge in [-0.25, -0.2) is 4.98 Å². The van der Waals surface area contributed by atoms with Gasteiger partial charge in [-0.2, -0.15) is 4.98 Å². The van der Waals surface area contributed by atoms with Crippen molar-refractivity contribution in [1.82, 2.24) is 9.97 Å². The number of hydrogen-bond donors (Lipinski definition) is 1. The molecule has 0 bridgehead atoms. The summed E-state index contributed by atoms with van der Waals surface area (Å²) in [6.45, 7) is 0. The molecule has 2 N–H and O–H groups in total. The number of hydrogen-bond acceptors (Lipinski definition) is 6. The van der Waals surface area contributed by atoms with Crippen molar-refractivity contribution in [2.45, 2.75) is 0 Å². The molecule has 98 valence electrons. The van der Waals surface area contributed by atoms with E-state index >= 15 is 0 Å². The highest BCUT2D eigenvalue weighted by Gasteiger charge is 2.23. The van der Waals surface area contributed by atoms with E-state index in [2.05, 4.69) is 9.97 Å². The van der Waals surface area contributed by atoms with Gasteiger partial charge in [0.15, 0.2) is 0 Å². The van der Waals surface area contributed by atoms with E-state index < -0.39 is 10.6 Å². The molecule has 0 atom stereocenters. The van der Waals surface area contributed by atoms with Gasteiger partial charge in [0.25, 0.3) is 0 Å². The van der Waals surface area contributed by atoms with Crippen molar-refractivity contribution in [1.29, 1.82) is 0 Å². The Morgan fingerprint density at radius 3 is 2.68 bits per heavy atom. The van der Waals surface area contributed by atoms with Gasteiger partial charge in [-0.05, 0) is 18.2 Å². The van der Waals surface area contributed by atoms with Gasteiger partial charge < -0.3 is 10.5 Å². The third kappa shape index (κ3) is 2.83. The summed E-state index contributed by atoms with van der Waals surface area (Å²) in [6.07, 6.45) is 1.06. The predicted octanol–water partition coefficient (Wildman–Crippen LogP) is 3.07. The van der Waals surface area contributed by atoms with Gasteiger partial charge in [0.1, 0.15) is 12.1 Å². The van der Waals surface area contributed by atoms with Crippen LogP contribution in [0.25, 0.3) is 0 Å². The number of nitro groups is 1. The lowest BCUT2D eigenvalue weighted by atomic mass is 10.3. The standard InChI is InChI=1S/C10H6Cl2N4O3/c11-5-1-2-7(6(12)3-5)19-10-8(16(17)18)9(13)14-4-15-10/h1-4H,(H2,13,14,15). The lowest BCUT2D eigenvalue weighted by Gasteiger charge is -2.07. The van der Waals surface area contributed by atoms with E-state index in [0.717, 1.165) is 6.33 Å². The zero-order chi connectivity index (χ0) is 14.0. The van der Waals surface area contributed by atoms with Crippen molar-refractivity contribution in [3.63, 3.8) is 0 Å². The number of anilines is 1. The molecule has 1 heterocycles. The molecule has 0 aliphatic rings. The maximum absolute atomic E-state index is 10.9. The zero-order valence-corrected chi connectivity index (χ0v) is 10.7. The van der Waals surface area contributed by atoms with Gasteiger partial charge in [0, 0.05) is 5.02 Å². The molecular weight excluding hydrogens is 295 g/mol. The van der Waals surface area contributed by atoms with Crippen molar-refractivity contribution in [3.05, 3.63) is 44.7 Å². The summed E-state index contributed by atoms with van der Waals surface area (Å²) in [5.74, 6) is -0.408. The van der Waals surface area contributed by atoms with Gasteiger partial charge in [0.05, 0.1) is 9.95 Å². The SMILES string of the molecule is Nc1ncnc(Oc2ccc(Cl)cc2Cl)c1[N+](=O)[O-]. The third-order valence-corrected chi connectivity index (χ3v) is 2.63. The Balaban J connectivity index is 2.44. The van der Waals surface area contributed by atoms with Crippen LogP contribution in [0, 0.1) is 10.1 Å². The second kappa shape index (κ2) is 5.25. The molecule has 0 saturated carbocycles. The molecule has 1 aromatic heterocycles. The summed E-state index contributed by atoms with van der Waals surface area (Å²) < 4.78 is 5.27. The number of rotatable bonds is 3. The van der Waals surface area contributed by atoms with Gasteiger partial charge >= 0.3 is 11.6 Å². The number of aromatic nitrogens is 2. The molecular formula is C10H6Cl2N4O3. The first-order valence-electron chi connectivity index (χ1n) is 4.87. The molecule has 0 aliphatic carbocycles. The average molecular weight is 301 g/mol. The number of nitrogens with two attached hydrogens (primary N) is 1. The minimum atomic E-state index is -0.728. The summed E-state index contributed by atoms with van der Waals surface area (Å²) in [5.41, 5.74) is 4.89. The lowest BCUT2D eigenvalue weighted by molar-refractivity contribution is -0.385. The van der Waals surface area contributed by atoms with E-state index in [0.29, 0.717) is 5.02 Å². The maximum atomic E-state index is 10.9. The molecule has 2 rings (SSSR count). The van der Waals surface area contributed by atoms with Crippen LogP contribution < -0.4 is 10.5 Å². The fourth-order valence-electron chi connectivity index (χ4n) is 1.28. The monoisotopic (exact) mass is 300 g/mol. The van der Waals surface area contributed by atoms with Crippen molar-refractivity contribution < 1.29 is 9.66 Å². The van der Waals surface area contributed by atoms with E-state index in [1.165, 1.54) is 18.2 Å². The van der Waals surface area contributed by atoms with Crippen LogP contribution in [-0.4, -0.2) is 14.9 Å². The Morgan fingerprint density at radius 2 is 2.05 bits per heavy atom. The number of nitrogen functional groups attached to an aromatic ring is 1. The molecule has 0 saturated heterocycles. The number of benzene rings is 1. The Hall–Kier alpha value is -2.12. The molecule has 2 aromatic rings. The van der Waals surface area contributed by atoms with Crippen molar-refractivity contribution in [2.24, 2.45) is 0 Å². The number of halogens is 2. The van der Waals surface area contributed by atoms with Gasteiger partial charge in [-0.1, -0.05) is 23.2 Å². The first-order valence-corrected chi connectivity index (χ1v) is 5.62. The first kappa shape index (κ1) is 13.3. The average Bonchev–Trinajstić information content (AvgIpc) is 2.32. The van der Waals surface area contributed by atoms with E-state index in [1.807, 2.05) is 0 Å². The summed E-state index contributed by atoms with van der Waals surface area (Å²) in [7, 11) is 0. The second-order valence-corrected chi connectivity index (χ2v) is 4.19. The quantitative estimate of drug-likeness (QED) is 0.690. The highest BCUT2D eigenvalue weighted by molar-refractivity contribution is 6.35. The van der Waals surface area contributed by atoms with Crippen LogP contribution in [-0.2, 0) is 0 Å². The van der Waals surface area contributed by atoms with E-state index in [9.17, 15) is 10.1 Å². The summed E-state index contributed by atoms with van der Waals surface area (Å²) >= 11 is 11.6. The molecule has 7 nitrogen and oxygen atoms in total. The van der Waals surface area contributed by atoms with Crippen molar-refractivity contribution in [2.75, 3.05) is 5.73 Å². The molecule has 19 heavy (non-hydrogen) atoms. The van der Waals surface area contributed by atoms with E-state index in [-0.39, 0.29) is 22.5 Å². The third-order valence-electron chi connectivity index (χ3n) is 2.10. The molecule has 0 fully saturated rings. The summed E-state index contributed by atoms with van der Waals surface area (Å²) in [4.78, 5) is 17.4. The summed E-state index contributed by atoms with van der Waals surface area (Å²) in [6, 6.07) is 4.43. The van der Waals surface area contributed by atoms with Crippen LogP contribution in [0.3, 0.4) is 0 Å². The van der Waals surface area contributed by atoms with Crippen LogP contribution in [0.4, 0.5) is 11.5 Å². The smallest absolute Gasteiger partial charge is 0.372 e. The predicted molar refractivity (Wildman–Crippen MR) is 69.6 cm³/mol. The zero-order valence-electron chi connectivity index (χ0n) is 9.21. The normalized spacial score (nSPS) is 10.2. The van der Waals surface area contributed by atoms with Gasteiger partial charge in [-0.3, -0.25) is 10.1 Å². The van der Waals surface area contributed by atoms with Crippen LogP contribution in [0.2, 0.25) is 10.0 Å². The van der Waals surface area contributed by atoms with Crippen LogP contribution in [0.15, 0.2) is 24.5 Å².